The Kier molecular flexibility index (Phi) is 5.74. The molecule has 0 bridgehead atoms. The third-order valence-electron chi connectivity index (χ3n) is 4.37. The maximum atomic E-state index is 12.5. The van der Waals surface area contributed by atoms with Crippen molar-refractivity contribution >= 4 is 6.09 Å². The van der Waals surface area contributed by atoms with E-state index in [0.29, 0.717) is 0 Å². The number of rotatable bonds is 4. The zero-order valence-corrected chi connectivity index (χ0v) is 15.0. The van der Waals surface area contributed by atoms with E-state index in [1.807, 2.05) is 37.8 Å². The molecular weight excluding hydrogens is 292 g/mol. The molecule has 0 saturated carbocycles. The standard InChI is InChI=1S/C18H30N2O3/c1-14(16-10-8-12-22-16)19(5)13-15-9-6-7-11-20(15)17(21)23-18(2,3)4/h8,10,12,14-15H,6-7,9,11,13H2,1-5H3/t14-,15-/m0/s1. The average molecular weight is 322 g/mol. The van der Waals surface area contributed by atoms with Crippen LogP contribution in [0.5, 0.6) is 0 Å². The van der Waals surface area contributed by atoms with Crippen LogP contribution in [0.2, 0.25) is 0 Å². The van der Waals surface area contributed by atoms with Gasteiger partial charge in [0.25, 0.3) is 0 Å². The summed E-state index contributed by atoms with van der Waals surface area (Å²) in [5.74, 6) is 0.951. The van der Waals surface area contributed by atoms with Crippen LogP contribution in [-0.2, 0) is 4.74 Å². The number of likely N-dealkylation sites (tertiary alicyclic amines) is 1. The first-order valence-corrected chi connectivity index (χ1v) is 8.51. The zero-order chi connectivity index (χ0) is 17.0. The maximum Gasteiger partial charge on any atom is 0.410 e. The predicted octanol–water partition coefficient (Wildman–Crippen LogP) is 4.06. The third-order valence-corrected chi connectivity index (χ3v) is 4.37. The number of carbonyl (C=O) groups excluding carboxylic acids is 1. The quantitative estimate of drug-likeness (QED) is 0.838. The monoisotopic (exact) mass is 322 g/mol. The van der Waals surface area contributed by atoms with Crippen molar-refractivity contribution in [1.82, 2.24) is 9.80 Å². The van der Waals surface area contributed by atoms with Crippen LogP contribution in [0.3, 0.4) is 0 Å². The molecule has 0 aliphatic carbocycles. The molecule has 0 unspecified atom stereocenters. The lowest BCUT2D eigenvalue weighted by molar-refractivity contribution is 0.00430. The van der Waals surface area contributed by atoms with E-state index < -0.39 is 5.60 Å². The Morgan fingerprint density at radius 2 is 2.22 bits per heavy atom. The van der Waals surface area contributed by atoms with Crippen LogP contribution in [0, 0.1) is 0 Å². The molecule has 23 heavy (non-hydrogen) atoms. The summed E-state index contributed by atoms with van der Waals surface area (Å²) < 4.78 is 11.1. The normalized spacial score (nSPS) is 20.6. The van der Waals surface area contributed by atoms with Gasteiger partial charge in [0.15, 0.2) is 0 Å². The highest BCUT2D eigenvalue weighted by Gasteiger charge is 2.32. The van der Waals surface area contributed by atoms with Crippen LogP contribution in [0.15, 0.2) is 22.8 Å². The molecule has 2 atom stereocenters. The molecule has 5 nitrogen and oxygen atoms in total. The number of likely N-dealkylation sites (N-methyl/N-ethyl adjacent to an activating group) is 1. The van der Waals surface area contributed by atoms with Crippen LogP contribution >= 0.6 is 0 Å². The van der Waals surface area contributed by atoms with Gasteiger partial charge in [0.05, 0.1) is 12.3 Å². The highest BCUT2D eigenvalue weighted by molar-refractivity contribution is 5.68. The second kappa shape index (κ2) is 7.39. The highest BCUT2D eigenvalue weighted by Crippen LogP contribution is 2.24. The summed E-state index contributed by atoms with van der Waals surface area (Å²) in [5.41, 5.74) is -0.452. The topological polar surface area (TPSA) is 45.9 Å². The Hall–Kier alpha value is -1.49. The predicted molar refractivity (Wildman–Crippen MR) is 90.3 cm³/mol. The van der Waals surface area contributed by atoms with Crippen LogP contribution in [0.4, 0.5) is 4.79 Å². The van der Waals surface area contributed by atoms with E-state index >= 15 is 0 Å². The molecule has 0 radical (unpaired) electrons. The van der Waals surface area contributed by atoms with Crippen molar-refractivity contribution in [3.63, 3.8) is 0 Å². The summed E-state index contributed by atoms with van der Waals surface area (Å²) in [6, 6.07) is 4.29. The SMILES string of the molecule is C[C@@H](c1ccco1)N(C)C[C@@H]1CCCCN1C(=O)OC(C)(C)C. The summed E-state index contributed by atoms with van der Waals surface area (Å²) in [6.07, 6.45) is 4.74. The number of furan rings is 1. The second-order valence-electron chi connectivity index (χ2n) is 7.45. The minimum Gasteiger partial charge on any atom is -0.468 e. The van der Waals surface area contributed by atoms with Gasteiger partial charge in [-0.25, -0.2) is 4.79 Å². The van der Waals surface area contributed by atoms with E-state index in [0.717, 1.165) is 38.1 Å². The number of carbonyl (C=O) groups is 1. The minimum absolute atomic E-state index is 0.187. The highest BCUT2D eigenvalue weighted by atomic mass is 16.6. The molecule has 1 aromatic heterocycles. The van der Waals surface area contributed by atoms with Gasteiger partial charge in [-0.2, -0.15) is 0 Å². The number of hydrogen-bond acceptors (Lipinski definition) is 4. The fraction of sp³-hybridized carbons (Fsp3) is 0.722. The van der Waals surface area contributed by atoms with E-state index in [4.69, 9.17) is 9.15 Å². The number of ether oxygens (including phenoxy) is 1. The molecular formula is C18H30N2O3. The Bertz CT molecular complexity index is 493. The first-order chi connectivity index (χ1) is 10.8. The van der Waals surface area contributed by atoms with Crippen molar-refractivity contribution in [3.05, 3.63) is 24.2 Å². The molecule has 0 aromatic carbocycles. The van der Waals surface area contributed by atoms with Gasteiger partial charge >= 0.3 is 6.09 Å². The Morgan fingerprint density at radius 1 is 1.48 bits per heavy atom. The lowest BCUT2D eigenvalue weighted by atomic mass is 10.0. The van der Waals surface area contributed by atoms with Gasteiger partial charge in [-0.3, -0.25) is 4.90 Å². The van der Waals surface area contributed by atoms with E-state index in [1.165, 1.54) is 0 Å². The van der Waals surface area contributed by atoms with E-state index in [1.54, 1.807) is 6.26 Å². The molecule has 2 rings (SSSR count). The van der Waals surface area contributed by atoms with Crippen molar-refractivity contribution in [2.75, 3.05) is 20.1 Å². The second-order valence-corrected chi connectivity index (χ2v) is 7.45. The molecule has 1 saturated heterocycles. The Labute approximate surface area is 139 Å². The number of piperidine rings is 1. The largest absolute Gasteiger partial charge is 0.468 e. The molecule has 2 heterocycles. The lowest BCUT2D eigenvalue weighted by Gasteiger charge is -2.39. The smallest absolute Gasteiger partial charge is 0.410 e. The van der Waals surface area contributed by atoms with Crippen LogP contribution in [-0.4, -0.2) is 47.7 Å². The van der Waals surface area contributed by atoms with Crippen LogP contribution in [0.25, 0.3) is 0 Å². The van der Waals surface area contributed by atoms with Crippen molar-refractivity contribution < 1.29 is 13.9 Å². The molecule has 1 amide bonds. The van der Waals surface area contributed by atoms with Gasteiger partial charge in [0, 0.05) is 19.1 Å². The summed E-state index contributed by atoms with van der Waals surface area (Å²) in [4.78, 5) is 16.6. The van der Waals surface area contributed by atoms with Gasteiger partial charge in [0.2, 0.25) is 0 Å². The molecule has 0 N–H and O–H groups in total. The minimum atomic E-state index is -0.452. The van der Waals surface area contributed by atoms with Gasteiger partial charge in [0.1, 0.15) is 11.4 Å². The Morgan fingerprint density at radius 3 is 2.83 bits per heavy atom. The van der Waals surface area contributed by atoms with Crippen LogP contribution in [0.1, 0.15) is 58.8 Å². The molecule has 1 aliphatic heterocycles. The zero-order valence-electron chi connectivity index (χ0n) is 15.0. The van der Waals surface area contributed by atoms with Crippen LogP contribution < -0.4 is 0 Å². The van der Waals surface area contributed by atoms with Crippen molar-refractivity contribution in [2.45, 2.75) is 64.6 Å². The van der Waals surface area contributed by atoms with Gasteiger partial charge < -0.3 is 14.1 Å². The fourth-order valence-electron chi connectivity index (χ4n) is 2.99. The number of hydrogen-bond donors (Lipinski definition) is 0. The molecule has 5 heteroatoms. The maximum absolute atomic E-state index is 12.5. The van der Waals surface area contributed by atoms with E-state index in [-0.39, 0.29) is 18.2 Å². The molecule has 0 spiro atoms. The van der Waals surface area contributed by atoms with E-state index in [9.17, 15) is 4.79 Å². The first-order valence-electron chi connectivity index (χ1n) is 8.51. The molecule has 1 aliphatic rings. The van der Waals surface area contributed by atoms with E-state index in [2.05, 4.69) is 18.9 Å². The van der Waals surface area contributed by atoms with Crippen molar-refractivity contribution in [2.24, 2.45) is 0 Å². The van der Waals surface area contributed by atoms with Gasteiger partial charge in [-0.1, -0.05) is 0 Å². The molecule has 130 valence electrons. The summed E-state index contributed by atoms with van der Waals surface area (Å²) in [6.45, 7) is 9.46. The van der Waals surface area contributed by atoms with Gasteiger partial charge in [-0.05, 0) is 66.1 Å². The summed E-state index contributed by atoms with van der Waals surface area (Å²) >= 11 is 0. The summed E-state index contributed by atoms with van der Waals surface area (Å²) in [7, 11) is 2.08. The van der Waals surface area contributed by atoms with Crippen molar-refractivity contribution in [3.8, 4) is 0 Å². The Balaban J connectivity index is 1.99. The van der Waals surface area contributed by atoms with Gasteiger partial charge in [-0.15, -0.1) is 0 Å². The molecule has 1 aromatic rings. The first kappa shape index (κ1) is 17.9. The summed E-state index contributed by atoms with van der Waals surface area (Å²) in [5, 5.41) is 0. The third kappa shape index (κ3) is 4.99. The average Bonchev–Trinajstić information content (AvgIpc) is 2.99. The lowest BCUT2D eigenvalue weighted by Crippen LogP contribution is -2.50. The number of nitrogens with zero attached hydrogens (tertiary/aromatic N) is 2. The number of amides is 1. The fourth-order valence-corrected chi connectivity index (χ4v) is 2.99. The van der Waals surface area contributed by atoms with Crippen molar-refractivity contribution in [1.29, 1.82) is 0 Å². The molecule has 1 fully saturated rings.